The Morgan fingerprint density at radius 1 is 0.429 bits per heavy atom. The molecule has 342 valence electrons. The summed E-state index contributed by atoms with van der Waals surface area (Å²) < 4.78 is 11.3. The zero-order chi connectivity index (χ0) is 42.6. The average Bonchev–Trinajstić information content (AvgIpc) is 3.16. The summed E-state index contributed by atoms with van der Waals surface area (Å²) in [5.41, 5.74) is 0. The first-order valence-corrected chi connectivity index (χ1v) is 24.9. The van der Waals surface area contributed by atoms with Crippen molar-refractivity contribution in [2.45, 2.75) is 267 Å². The van der Waals surface area contributed by atoms with Crippen LogP contribution in [0, 0.1) is 0 Å². The second kappa shape index (κ2) is 56.4. The summed E-state index contributed by atoms with van der Waals surface area (Å²) in [4.78, 5) is 21.3. The van der Waals surface area contributed by atoms with Crippen LogP contribution < -0.4 is 0 Å². The molecular weight excluding hydrogens is 695 g/mol. The van der Waals surface area contributed by atoms with Gasteiger partial charge in [-0.2, -0.15) is 0 Å². The third-order valence-corrected chi connectivity index (χ3v) is 9.84. The quantitative estimate of drug-likeness (QED) is 0.0204. The number of hydrogen-bond acceptors (Lipinski definition) is 5. The number of quaternary nitrogens is 1. The van der Waals surface area contributed by atoms with E-state index >= 15 is 0 Å². The number of rotatable bonds is 39. The lowest BCUT2D eigenvalue weighted by Gasteiger charge is -2.23. The number of carbonyl (C=O) groups is 1. The van der Waals surface area contributed by atoms with E-state index < -0.39 is 0 Å². The summed E-state index contributed by atoms with van der Waals surface area (Å²) in [7, 11) is 6.37. The molecule has 0 aromatic rings. The van der Waals surface area contributed by atoms with Gasteiger partial charge in [0, 0.05) is 13.0 Å². The van der Waals surface area contributed by atoms with Crippen molar-refractivity contribution in [1.29, 1.82) is 0 Å². The minimum Gasteiger partial charge on any atom is -0.466 e. The largest absolute Gasteiger partial charge is 0.466 e. The van der Waals surface area contributed by atoms with Crippen LogP contribution in [0.5, 0.6) is 0 Å². The Labute approximate surface area is 354 Å². The van der Waals surface area contributed by atoms with Crippen molar-refractivity contribution < 1.29 is 28.5 Å². The smallest absolute Gasteiger partial charge is 0.305 e. The molecule has 0 heterocycles. The molecule has 6 heteroatoms. The van der Waals surface area contributed by atoms with Gasteiger partial charge in [0.15, 0.2) is 0 Å². The van der Waals surface area contributed by atoms with E-state index in [2.05, 4.69) is 62.7 Å². The van der Waals surface area contributed by atoms with Gasteiger partial charge in [-0.25, -0.2) is 9.78 Å². The standard InChI is InChI=1S/C21H42O2.C12H28NO3.C12H26.C5H12/c1-3-5-6-7-8-9-10-11-12-13-14-15-16-17-18-19-20-21(22)23-4-2;1-6-7-9-14-12(2)11-16-15-10-8-13(3,4)5;1-3-5-7-9-11-12-10-8-6-4-2;1-3-5-4-2/h3-20H2,1-2H3;12H,6-11H2,1-5H3;3-12H2,1-2H3;3-5H2,1-2H3/q;+1;;/t;12-;;/m.1../s1. The number of hydrogen-bond donors (Lipinski definition) is 0. The maximum absolute atomic E-state index is 11.2. The van der Waals surface area contributed by atoms with Gasteiger partial charge in [-0.3, -0.25) is 4.79 Å². The van der Waals surface area contributed by atoms with Gasteiger partial charge in [-0.05, 0) is 26.7 Å². The van der Waals surface area contributed by atoms with E-state index in [1.165, 1.54) is 180 Å². The van der Waals surface area contributed by atoms with Crippen LogP contribution in [0.2, 0.25) is 0 Å². The molecule has 0 aliphatic carbocycles. The second-order valence-corrected chi connectivity index (χ2v) is 17.2. The number of nitrogens with zero attached hydrogens (tertiary/aromatic N) is 1. The lowest BCUT2D eigenvalue weighted by Crippen LogP contribution is -2.37. The van der Waals surface area contributed by atoms with Gasteiger partial charge in [-0.15, -0.1) is 0 Å². The predicted octanol–water partition coefficient (Wildman–Crippen LogP) is 16.2. The van der Waals surface area contributed by atoms with Crippen LogP contribution in [0.4, 0.5) is 0 Å². The normalized spacial score (nSPS) is 11.5. The first-order valence-electron chi connectivity index (χ1n) is 24.9. The number of unbranched alkanes of at least 4 members (excludes halogenated alkanes) is 27. The van der Waals surface area contributed by atoms with Crippen LogP contribution in [0.3, 0.4) is 0 Å². The zero-order valence-electron chi connectivity index (χ0n) is 40.7. The number of ether oxygens (including phenoxy) is 2. The molecule has 0 radical (unpaired) electrons. The molecule has 0 aromatic heterocycles. The molecule has 0 bridgehead atoms. The van der Waals surface area contributed by atoms with Crippen LogP contribution in [0.15, 0.2) is 0 Å². The van der Waals surface area contributed by atoms with Crippen LogP contribution >= 0.6 is 0 Å². The fraction of sp³-hybridized carbons (Fsp3) is 0.980. The Bertz CT molecular complexity index is 656. The third-order valence-electron chi connectivity index (χ3n) is 9.84. The Morgan fingerprint density at radius 2 is 0.768 bits per heavy atom. The highest BCUT2D eigenvalue weighted by atomic mass is 17.2. The highest BCUT2D eigenvalue weighted by Crippen LogP contribution is 2.14. The van der Waals surface area contributed by atoms with E-state index in [1.54, 1.807) is 0 Å². The molecular formula is C50H108NO5+. The van der Waals surface area contributed by atoms with Gasteiger partial charge in [0.1, 0.15) is 19.8 Å². The second-order valence-electron chi connectivity index (χ2n) is 17.2. The Morgan fingerprint density at radius 3 is 1.07 bits per heavy atom. The minimum absolute atomic E-state index is 0.0298. The van der Waals surface area contributed by atoms with Crippen molar-refractivity contribution in [3.8, 4) is 0 Å². The zero-order valence-corrected chi connectivity index (χ0v) is 40.7. The Kier molecular flexibility index (Phi) is 62.4. The molecule has 6 nitrogen and oxygen atoms in total. The SMILES string of the molecule is CCCCC.CCCCCCCCCCCC.CCCCCCCCCCCCCCCCCCC(=O)OCC.CCCCO[C@H](C)COOCC[N+](C)(C)C. The summed E-state index contributed by atoms with van der Waals surface area (Å²) >= 11 is 0. The minimum atomic E-state index is -0.0298. The molecule has 0 aromatic carbocycles. The van der Waals surface area contributed by atoms with E-state index in [-0.39, 0.29) is 12.1 Å². The first kappa shape index (κ1) is 62.0. The van der Waals surface area contributed by atoms with Crippen molar-refractivity contribution in [3.63, 3.8) is 0 Å². The van der Waals surface area contributed by atoms with Gasteiger partial charge >= 0.3 is 5.97 Å². The van der Waals surface area contributed by atoms with Crippen molar-refractivity contribution in [2.24, 2.45) is 0 Å². The molecule has 0 fully saturated rings. The molecule has 0 spiro atoms. The monoisotopic (exact) mass is 803 g/mol. The van der Waals surface area contributed by atoms with Gasteiger partial charge in [0.05, 0.1) is 33.9 Å². The Hall–Kier alpha value is -0.690. The molecule has 0 amide bonds. The van der Waals surface area contributed by atoms with E-state index in [0.717, 1.165) is 36.9 Å². The third kappa shape index (κ3) is 71.1. The van der Waals surface area contributed by atoms with Gasteiger partial charge in [0.25, 0.3) is 0 Å². The van der Waals surface area contributed by atoms with Gasteiger partial charge < -0.3 is 14.0 Å². The van der Waals surface area contributed by atoms with Crippen LogP contribution in [-0.2, 0) is 24.0 Å². The van der Waals surface area contributed by atoms with Gasteiger partial charge in [-0.1, -0.05) is 228 Å². The van der Waals surface area contributed by atoms with Crippen LogP contribution in [-0.4, -0.2) is 70.7 Å². The number of likely N-dealkylation sites (N-methyl/N-ethyl adjacent to an activating group) is 1. The van der Waals surface area contributed by atoms with E-state index in [1.807, 2.05) is 13.8 Å². The lowest BCUT2D eigenvalue weighted by atomic mass is 10.0. The van der Waals surface area contributed by atoms with Gasteiger partial charge in [0.2, 0.25) is 0 Å². The molecule has 0 aliphatic rings. The van der Waals surface area contributed by atoms with Crippen molar-refractivity contribution in [3.05, 3.63) is 0 Å². The topological polar surface area (TPSA) is 54.0 Å². The highest BCUT2D eigenvalue weighted by Gasteiger charge is 2.07. The highest BCUT2D eigenvalue weighted by molar-refractivity contribution is 5.69. The molecule has 0 rings (SSSR count). The number of esters is 1. The average molecular weight is 803 g/mol. The molecule has 0 N–H and O–H groups in total. The number of carbonyl (C=O) groups excluding carboxylic acids is 1. The lowest BCUT2D eigenvalue weighted by molar-refractivity contribution is -0.871. The summed E-state index contributed by atoms with van der Waals surface area (Å²) in [5.74, 6) is -0.0298. The molecule has 1 atom stereocenters. The van der Waals surface area contributed by atoms with Crippen molar-refractivity contribution >= 4 is 5.97 Å². The molecule has 0 unspecified atom stereocenters. The summed E-state index contributed by atoms with van der Waals surface area (Å²) in [5, 5.41) is 0. The maximum Gasteiger partial charge on any atom is 0.305 e. The van der Waals surface area contributed by atoms with E-state index in [4.69, 9.17) is 19.2 Å². The fourth-order valence-corrected chi connectivity index (χ4v) is 5.96. The molecule has 0 saturated carbocycles. The predicted molar refractivity (Wildman–Crippen MR) is 249 cm³/mol. The summed E-state index contributed by atoms with van der Waals surface area (Å²) in [6, 6.07) is 0. The maximum atomic E-state index is 11.2. The van der Waals surface area contributed by atoms with Crippen molar-refractivity contribution in [2.75, 3.05) is 54.1 Å². The fourth-order valence-electron chi connectivity index (χ4n) is 5.96. The van der Waals surface area contributed by atoms with E-state index in [9.17, 15) is 4.79 Å². The molecule has 0 saturated heterocycles. The molecule has 56 heavy (non-hydrogen) atoms. The van der Waals surface area contributed by atoms with Crippen LogP contribution in [0.1, 0.15) is 261 Å². The molecule has 0 aliphatic heterocycles. The van der Waals surface area contributed by atoms with Crippen molar-refractivity contribution in [1.82, 2.24) is 0 Å². The van der Waals surface area contributed by atoms with E-state index in [0.29, 0.717) is 26.2 Å². The van der Waals surface area contributed by atoms with Crippen LogP contribution in [0.25, 0.3) is 0 Å². The first-order chi connectivity index (χ1) is 27.1. The summed E-state index contributed by atoms with van der Waals surface area (Å²) in [6.45, 7) is 20.6. The Balaban J connectivity index is -0.000000356. The summed E-state index contributed by atoms with van der Waals surface area (Å²) in [6.07, 6.45) is 43.3.